The van der Waals surface area contributed by atoms with Gasteiger partial charge in [-0.05, 0) is 12.1 Å². The van der Waals surface area contributed by atoms with Gasteiger partial charge in [0.1, 0.15) is 0 Å². The highest BCUT2D eigenvalue weighted by atomic mass is 16.1. The van der Waals surface area contributed by atoms with Crippen molar-refractivity contribution in [1.82, 2.24) is 19.6 Å². The number of rotatable bonds is 1. The average molecular weight is 225 g/mol. The molecule has 2 heterocycles. The van der Waals surface area contributed by atoms with E-state index in [1.807, 2.05) is 24.3 Å². The van der Waals surface area contributed by atoms with Crippen molar-refractivity contribution >= 4 is 16.6 Å². The minimum Gasteiger partial charge on any atom is -0.305 e. The fraction of sp³-hybridized carbons (Fsp3) is 0.0909. The van der Waals surface area contributed by atoms with Crippen LogP contribution in [0.3, 0.4) is 0 Å². The molecule has 3 rings (SSSR count). The molecule has 0 amide bonds. The number of fused-ring (bicyclic) bond motifs is 3. The number of hydrogen-bond donors (Lipinski definition) is 1. The lowest BCUT2D eigenvalue weighted by atomic mass is 10.2. The smallest absolute Gasteiger partial charge is 0.305 e. The molecule has 0 saturated carbocycles. The third-order valence-corrected chi connectivity index (χ3v) is 2.49. The number of benzene rings is 1. The topological polar surface area (TPSA) is 86.8 Å². The van der Waals surface area contributed by atoms with Gasteiger partial charge in [0.05, 0.1) is 18.0 Å². The second-order valence-corrected chi connectivity index (χ2v) is 3.57. The van der Waals surface area contributed by atoms with Crippen molar-refractivity contribution in [3.05, 3.63) is 40.6 Å². The monoisotopic (exact) mass is 225 g/mol. The van der Waals surface area contributed by atoms with Crippen molar-refractivity contribution in [2.24, 2.45) is 0 Å². The van der Waals surface area contributed by atoms with Gasteiger partial charge in [0.25, 0.3) is 0 Å². The van der Waals surface area contributed by atoms with Gasteiger partial charge in [-0.15, -0.1) is 5.10 Å². The van der Waals surface area contributed by atoms with E-state index in [1.54, 1.807) is 6.07 Å². The first-order valence-electron chi connectivity index (χ1n) is 5.03. The Hall–Kier alpha value is -2.68. The summed E-state index contributed by atoms with van der Waals surface area (Å²) in [6.07, 6.45) is 0.0927. The summed E-state index contributed by atoms with van der Waals surface area (Å²) < 4.78 is 1.19. The van der Waals surface area contributed by atoms with E-state index in [2.05, 4.69) is 15.1 Å². The second-order valence-electron chi connectivity index (χ2n) is 3.57. The molecule has 2 aromatic heterocycles. The summed E-state index contributed by atoms with van der Waals surface area (Å²) >= 11 is 0. The van der Waals surface area contributed by atoms with Crippen LogP contribution < -0.4 is 5.69 Å². The fourth-order valence-electron chi connectivity index (χ4n) is 1.77. The first-order valence-corrected chi connectivity index (χ1v) is 5.03. The van der Waals surface area contributed by atoms with Crippen LogP contribution in [0.5, 0.6) is 0 Å². The third-order valence-electron chi connectivity index (χ3n) is 2.49. The Morgan fingerprint density at radius 3 is 3.06 bits per heavy atom. The Kier molecular flexibility index (Phi) is 1.92. The van der Waals surface area contributed by atoms with Crippen molar-refractivity contribution in [3.8, 4) is 6.07 Å². The molecule has 1 aromatic carbocycles. The Labute approximate surface area is 95.1 Å². The molecule has 0 unspecified atom stereocenters. The molecule has 0 aliphatic heterocycles. The third kappa shape index (κ3) is 1.37. The molecule has 82 valence electrons. The highest BCUT2D eigenvalue weighted by Crippen LogP contribution is 2.14. The van der Waals surface area contributed by atoms with E-state index < -0.39 is 0 Å². The van der Waals surface area contributed by atoms with E-state index in [0.29, 0.717) is 17.0 Å². The zero-order valence-corrected chi connectivity index (χ0v) is 8.71. The molecule has 6 nitrogen and oxygen atoms in total. The minimum atomic E-state index is -0.351. The van der Waals surface area contributed by atoms with Crippen LogP contribution in [0.1, 0.15) is 5.82 Å². The zero-order valence-electron chi connectivity index (χ0n) is 8.71. The average Bonchev–Trinajstić information content (AvgIpc) is 2.74. The Morgan fingerprint density at radius 2 is 2.24 bits per heavy atom. The van der Waals surface area contributed by atoms with Crippen LogP contribution in [0.25, 0.3) is 16.6 Å². The van der Waals surface area contributed by atoms with Crippen LogP contribution in [0.2, 0.25) is 0 Å². The summed E-state index contributed by atoms with van der Waals surface area (Å²) in [5, 5.41) is 13.4. The Bertz CT molecular complexity index is 808. The SMILES string of the molecule is N#CCc1nc2c3ccccc3[nH]c(=O)n2n1. The van der Waals surface area contributed by atoms with Crippen LogP contribution in [0.4, 0.5) is 0 Å². The number of hydrogen-bond acceptors (Lipinski definition) is 4. The molecule has 0 radical (unpaired) electrons. The number of para-hydroxylation sites is 1. The molecule has 1 N–H and O–H groups in total. The van der Waals surface area contributed by atoms with Gasteiger partial charge >= 0.3 is 5.69 Å². The predicted octanol–water partition coefficient (Wildman–Crippen LogP) is 0.637. The van der Waals surface area contributed by atoms with Gasteiger partial charge in [-0.3, -0.25) is 0 Å². The number of aromatic nitrogens is 4. The predicted molar refractivity (Wildman–Crippen MR) is 60.4 cm³/mol. The van der Waals surface area contributed by atoms with Gasteiger partial charge in [0, 0.05) is 5.39 Å². The van der Waals surface area contributed by atoms with Crippen LogP contribution >= 0.6 is 0 Å². The summed E-state index contributed by atoms with van der Waals surface area (Å²) in [4.78, 5) is 18.6. The lowest BCUT2D eigenvalue weighted by Gasteiger charge is -1.97. The van der Waals surface area contributed by atoms with Crippen LogP contribution in [-0.4, -0.2) is 19.6 Å². The van der Waals surface area contributed by atoms with Gasteiger partial charge in [0.2, 0.25) is 0 Å². The maximum Gasteiger partial charge on any atom is 0.348 e. The summed E-state index contributed by atoms with van der Waals surface area (Å²) in [5.41, 5.74) is 0.839. The van der Waals surface area contributed by atoms with Crippen molar-refractivity contribution in [1.29, 1.82) is 5.26 Å². The highest BCUT2D eigenvalue weighted by molar-refractivity contribution is 5.90. The van der Waals surface area contributed by atoms with Gasteiger partial charge in [-0.2, -0.15) is 9.78 Å². The summed E-state index contributed by atoms with van der Waals surface area (Å²) in [6.45, 7) is 0. The molecule has 0 spiro atoms. The summed E-state index contributed by atoms with van der Waals surface area (Å²) in [7, 11) is 0. The molecule has 0 aliphatic carbocycles. The highest BCUT2D eigenvalue weighted by Gasteiger charge is 2.09. The molecule has 6 heteroatoms. The van der Waals surface area contributed by atoms with E-state index >= 15 is 0 Å². The molecule has 0 saturated heterocycles. The quantitative estimate of drug-likeness (QED) is 0.658. The first kappa shape index (κ1) is 9.54. The molecule has 0 atom stereocenters. The maximum atomic E-state index is 11.7. The van der Waals surface area contributed by atoms with Gasteiger partial charge in [0.15, 0.2) is 11.5 Å². The lowest BCUT2D eigenvalue weighted by Crippen LogP contribution is -2.17. The molecular formula is C11H7N5O. The normalized spacial score (nSPS) is 10.8. The zero-order chi connectivity index (χ0) is 11.8. The number of aromatic amines is 1. The largest absolute Gasteiger partial charge is 0.348 e. The molecule has 0 fully saturated rings. The maximum absolute atomic E-state index is 11.7. The van der Waals surface area contributed by atoms with Crippen LogP contribution in [-0.2, 0) is 6.42 Å². The Balaban J connectivity index is 2.48. The molecule has 0 aliphatic rings. The van der Waals surface area contributed by atoms with Crippen LogP contribution in [0, 0.1) is 11.3 Å². The van der Waals surface area contributed by atoms with E-state index in [1.165, 1.54) is 4.52 Å². The molecule has 0 bridgehead atoms. The lowest BCUT2D eigenvalue weighted by molar-refractivity contribution is 0.852. The number of H-pyrrole nitrogens is 1. The van der Waals surface area contributed by atoms with E-state index in [-0.39, 0.29) is 12.1 Å². The van der Waals surface area contributed by atoms with Crippen molar-refractivity contribution < 1.29 is 0 Å². The Morgan fingerprint density at radius 1 is 1.41 bits per heavy atom. The second kappa shape index (κ2) is 3.42. The molecule has 17 heavy (non-hydrogen) atoms. The molecule has 3 aromatic rings. The number of nitrogens with zero attached hydrogens (tertiary/aromatic N) is 4. The van der Waals surface area contributed by atoms with E-state index in [4.69, 9.17) is 5.26 Å². The summed E-state index contributed by atoms with van der Waals surface area (Å²) in [6, 6.07) is 9.31. The van der Waals surface area contributed by atoms with Crippen molar-refractivity contribution in [2.75, 3.05) is 0 Å². The van der Waals surface area contributed by atoms with Crippen LogP contribution in [0.15, 0.2) is 29.1 Å². The van der Waals surface area contributed by atoms with Gasteiger partial charge in [-0.25, -0.2) is 9.78 Å². The summed E-state index contributed by atoms with van der Waals surface area (Å²) in [5.74, 6) is 0.356. The number of nitrogens with one attached hydrogen (secondary N) is 1. The number of nitriles is 1. The van der Waals surface area contributed by atoms with Gasteiger partial charge < -0.3 is 4.98 Å². The minimum absolute atomic E-state index is 0.0927. The van der Waals surface area contributed by atoms with E-state index in [0.717, 1.165) is 5.39 Å². The first-order chi connectivity index (χ1) is 8.29. The van der Waals surface area contributed by atoms with Crippen molar-refractivity contribution in [2.45, 2.75) is 6.42 Å². The van der Waals surface area contributed by atoms with Crippen molar-refractivity contribution in [3.63, 3.8) is 0 Å². The van der Waals surface area contributed by atoms with Gasteiger partial charge in [-0.1, -0.05) is 12.1 Å². The standard InChI is InChI=1S/C11H7N5O/c12-6-5-9-14-10-7-3-1-2-4-8(7)13-11(17)16(10)15-9/h1-4H,5H2,(H,13,17). The molecular weight excluding hydrogens is 218 g/mol. The van der Waals surface area contributed by atoms with E-state index in [9.17, 15) is 4.79 Å². The fourth-order valence-corrected chi connectivity index (χ4v) is 1.77.